The van der Waals surface area contributed by atoms with Crippen LogP contribution in [0.5, 0.6) is 0 Å². The van der Waals surface area contributed by atoms with Gasteiger partial charge in [-0.25, -0.2) is 15.0 Å². The third-order valence-corrected chi connectivity index (χ3v) is 9.36. The largest absolute Gasteiger partial charge is 0.309 e. The summed E-state index contributed by atoms with van der Waals surface area (Å²) in [6.07, 6.45) is 0. The summed E-state index contributed by atoms with van der Waals surface area (Å²) in [5, 5.41) is 5.08. The van der Waals surface area contributed by atoms with Crippen LogP contribution in [0.25, 0.3) is 94.7 Å². The van der Waals surface area contributed by atoms with Crippen molar-refractivity contribution in [3.8, 4) is 62.1 Å². The molecule has 2 aromatic heterocycles. The summed E-state index contributed by atoms with van der Waals surface area (Å²) in [4.78, 5) is 15.0. The predicted molar refractivity (Wildman–Crippen MR) is 192 cm³/mol. The molecule has 0 spiro atoms. The van der Waals surface area contributed by atoms with Crippen LogP contribution in [0.4, 0.5) is 0 Å². The van der Waals surface area contributed by atoms with Crippen LogP contribution in [-0.2, 0) is 0 Å². The van der Waals surface area contributed by atoms with E-state index in [0.29, 0.717) is 17.5 Å². The van der Waals surface area contributed by atoms with Crippen molar-refractivity contribution in [1.82, 2.24) is 19.5 Å². The highest BCUT2D eigenvalue weighted by molar-refractivity contribution is 6.24. The molecule has 1 aliphatic carbocycles. The maximum absolute atomic E-state index is 5.03. The zero-order valence-electron chi connectivity index (χ0n) is 25.3. The lowest BCUT2D eigenvalue weighted by molar-refractivity contribution is 1.07. The van der Waals surface area contributed by atoms with Crippen LogP contribution in [0, 0.1) is 0 Å². The van der Waals surface area contributed by atoms with Gasteiger partial charge in [0.25, 0.3) is 0 Å². The minimum atomic E-state index is 0.641. The van der Waals surface area contributed by atoms with Crippen LogP contribution < -0.4 is 0 Å². The quantitative estimate of drug-likeness (QED) is 0.202. The lowest BCUT2D eigenvalue weighted by atomic mass is 10.00. The lowest BCUT2D eigenvalue weighted by Crippen LogP contribution is -2.01. The molecule has 47 heavy (non-hydrogen) atoms. The number of hydrogen-bond acceptors (Lipinski definition) is 3. The third kappa shape index (κ3) is 3.92. The van der Waals surface area contributed by atoms with E-state index in [9.17, 15) is 0 Å². The van der Waals surface area contributed by atoms with Gasteiger partial charge >= 0.3 is 0 Å². The summed E-state index contributed by atoms with van der Waals surface area (Å²) < 4.78 is 2.43. The average molecular weight is 599 g/mol. The number of rotatable bonds is 4. The van der Waals surface area contributed by atoms with E-state index in [1.807, 2.05) is 60.7 Å². The normalized spacial score (nSPS) is 11.8. The maximum Gasteiger partial charge on any atom is 0.164 e. The molecule has 0 saturated heterocycles. The van der Waals surface area contributed by atoms with Crippen molar-refractivity contribution >= 4 is 32.6 Å². The molecule has 0 saturated carbocycles. The summed E-state index contributed by atoms with van der Waals surface area (Å²) >= 11 is 0. The Morgan fingerprint density at radius 3 is 1.72 bits per heavy atom. The summed E-state index contributed by atoms with van der Waals surface area (Å²) in [5.74, 6) is 1.95. The van der Waals surface area contributed by atoms with E-state index in [4.69, 9.17) is 15.0 Å². The van der Waals surface area contributed by atoms with Crippen molar-refractivity contribution in [2.24, 2.45) is 0 Å². The van der Waals surface area contributed by atoms with Crippen molar-refractivity contribution in [1.29, 1.82) is 0 Å². The van der Waals surface area contributed by atoms with Gasteiger partial charge in [0.2, 0.25) is 0 Å². The van der Waals surface area contributed by atoms with Gasteiger partial charge in [0.15, 0.2) is 17.5 Å². The molecule has 0 aliphatic heterocycles. The minimum absolute atomic E-state index is 0.641. The van der Waals surface area contributed by atoms with Gasteiger partial charge in [-0.1, -0.05) is 140 Å². The van der Waals surface area contributed by atoms with Crippen LogP contribution in [0.15, 0.2) is 158 Å². The first-order valence-electron chi connectivity index (χ1n) is 15.9. The van der Waals surface area contributed by atoms with E-state index >= 15 is 0 Å². The molecule has 218 valence electrons. The van der Waals surface area contributed by atoms with Crippen LogP contribution in [0.1, 0.15) is 0 Å². The topological polar surface area (TPSA) is 43.6 Å². The molecule has 0 N–H and O–H groups in total. The van der Waals surface area contributed by atoms with Gasteiger partial charge in [-0.3, -0.25) is 0 Å². The second kappa shape index (κ2) is 10.1. The van der Waals surface area contributed by atoms with E-state index < -0.39 is 0 Å². The summed E-state index contributed by atoms with van der Waals surface area (Å²) in [6, 6.07) is 55.5. The Morgan fingerprint density at radius 2 is 1.00 bits per heavy atom. The van der Waals surface area contributed by atoms with Gasteiger partial charge in [-0.05, 0) is 45.7 Å². The second-order valence-corrected chi connectivity index (χ2v) is 12.0. The van der Waals surface area contributed by atoms with E-state index in [1.165, 1.54) is 54.8 Å². The molecule has 9 aromatic rings. The molecule has 1 aliphatic rings. The van der Waals surface area contributed by atoms with Gasteiger partial charge in [0, 0.05) is 38.7 Å². The number of nitrogens with zero attached hydrogens (tertiary/aromatic N) is 4. The number of hydrogen-bond donors (Lipinski definition) is 0. The van der Waals surface area contributed by atoms with E-state index in [-0.39, 0.29) is 0 Å². The van der Waals surface area contributed by atoms with Crippen molar-refractivity contribution in [3.63, 3.8) is 0 Å². The van der Waals surface area contributed by atoms with Crippen LogP contribution in [0.2, 0.25) is 0 Å². The molecule has 0 atom stereocenters. The number of aromatic nitrogens is 4. The van der Waals surface area contributed by atoms with Crippen molar-refractivity contribution < 1.29 is 0 Å². The Labute approximate surface area is 271 Å². The number of para-hydroxylation sites is 1. The Balaban J connectivity index is 1.23. The fourth-order valence-corrected chi connectivity index (χ4v) is 7.32. The first kappa shape index (κ1) is 25.9. The highest BCUT2D eigenvalue weighted by Gasteiger charge is 2.27. The predicted octanol–water partition coefficient (Wildman–Crippen LogP) is 10.8. The minimum Gasteiger partial charge on any atom is -0.309 e. The van der Waals surface area contributed by atoms with Gasteiger partial charge in [0.1, 0.15) is 0 Å². The van der Waals surface area contributed by atoms with Crippen molar-refractivity contribution in [3.05, 3.63) is 158 Å². The summed E-state index contributed by atoms with van der Waals surface area (Å²) in [5.41, 5.74) is 11.4. The van der Waals surface area contributed by atoms with Crippen LogP contribution in [0.3, 0.4) is 0 Å². The maximum atomic E-state index is 5.03. The highest BCUT2D eigenvalue weighted by Crippen LogP contribution is 2.51. The molecule has 0 radical (unpaired) electrons. The van der Waals surface area contributed by atoms with E-state index in [2.05, 4.69) is 102 Å². The average Bonchev–Trinajstić information content (AvgIpc) is 3.66. The van der Waals surface area contributed by atoms with Crippen molar-refractivity contribution in [2.75, 3.05) is 0 Å². The van der Waals surface area contributed by atoms with Crippen LogP contribution in [-0.4, -0.2) is 19.5 Å². The van der Waals surface area contributed by atoms with Gasteiger partial charge in [0.05, 0.1) is 11.0 Å². The highest BCUT2D eigenvalue weighted by atomic mass is 15.0. The third-order valence-electron chi connectivity index (χ3n) is 9.36. The van der Waals surface area contributed by atoms with Crippen molar-refractivity contribution in [2.45, 2.75) is 0 Å². The zero-order chi connectivity index (χ0) is 30.9. The Kier molecular flexibility index (Phi) is 5.54. The molecule has 0 unspecified atom stereocenters. The van der Waals surface area contributed by atoms with Gasteiger partial charge in [-0.15, -0.1) is 0 Å². The number of fused-ring (bicyclic) bond motifs is 7. The molecule has 4 heteroatoms. The fraction of sp³-hybridized carbons (Fsp3) is 0. The summed E-state index contributed by atoms with van der Waals surface area (Å²) in [7, 11) is 0. The van der Waals surface area contributed by atoms with E-state index in [0.717, 1.165) is 22.4 Å². The Morgan fingerprint density at radius 1 is 0.404 bits per heavy atom. The van der Waals surface area contributed by atoms with Crippen LogP contribution >= 0.6 is 0 Å². The standard InChI is InChI=1S/C43H26N4/c1-3-12-28(13-4-1)41-44-42(29-14-5-2-6-15-29)46-43(45-41)30-18-9-19-31(26-30)47-37-23-8-7-20-32(37)35-25-24-34-33-21-10-16-27-17-11-22-36(38(27)33)39(34)40(35)47/h1-26H. The lowest BCUT2D eigenvalue weighted by Gasteiger charge is -2.13. The fourth-order valence-electron chi connectivity index (χ4n) is 7.32. The summed E-state index contributed by atoms with van der Waals surface area (Å²) in [6.45, 7) is 0. The number of benzene rings is 7. The molecule has 2 heterocycles. The smallest absolute Gasteiger partial charge is 0.164 e. The van der Waals surface area contributed by atoms with Gasteiger partial charge in [-0.2, -0.15) is 0 Å². The molecule has 0 bridgehead atoms. The SMILES string of the molecule is c1ccc(-c2nc(-c3ccccc3)nc(-c3cccc(-n4c5ccccc5c5ccc6c(c54)-c4cccc5cccc-6c45)c3)n2)cc1. The molecular formula is C43H26N4. The Hall–Kier alpha value is -6.39. The van der Waals surface area contributed by atoms with E-state index in [1.54, 1.807) is 0 Å². The second-order valence-electron chi connectivity index (χ2n) is 12.0. The first-order chi connectivity index (χ1) is 23.3. The molecule has 10 rings (SSSR count). The first-order valence-corrected chi connectivity index (χ1v) is 15.9. The molecule has 0 amide bonds. The monoisotopic (exact) mass is 598 g/mol. The zero-order valence-corrected chi connectivity index (χ0v) is 25.3. The molecule has 7 aromatic carbocycles. The molecular weight excluding hydrogens is 573 g/mol. The van der Waals surface area contributed by atoms with Gasteiger partial charge < -0.3 is 4.57 Å². The molecule has 0 fully saturated rings. The molecule has 4 nitrogen and oxygen atoms in total. The Bertz CT molecular complexity index is 2610.